The highest BCUT2D eigenvalue weighted by molar-refractivity contribution is 7.87. The third-order valence-corrected chi connectivity index (χ3v) is 3.97. The Morgan fingerprint density at radius 2 is 2.00 bits per heavy atom. The van der Waals surface area contributed by atoms with Crippen LogP contribution in [-0.2, 0) is 28.0 Å². The summed E-state index contributed by atoms with van der Waals surface area (Å²) in [6.45, 7) is 3.77. The highest BCUT2D eigenvalue weighted by atomic mass is 32.2. The molecule has 0 aliphatic rings. The van der Waals surface area contributed by atoms with Gasteiger partial charge in [-0.25, -0.2) is 9.52 Å². The van der Waals surface area contributed by atoms with Gasteiger partial charge >= 0.3 is 16.3 Å². The quantitative estimate of drug-likeness (QED) is 0.814. The summed E-state index contributed by atoms with van der Waals surface area (Å²) < 4.78 is 31.6. The number of ether oxygens (including phenoxy) is 1. The number of hydrogen-bond donors (Lipinski definition) is 2. The predicted octanol–water partition coefficient (Wildman–Crippen LogP) is 0.956. The minimum Gasteiger partial charge on any atom is -0.446 e. The summed E-state index contributed by atoms with van der Waals surface area (Å²) in [5.41, 5.74) is 7.23. The Kier molecular flexibility index (Phi) is 6.13. The zero-order valence-electron chi connectivity index (χ0n) is 12.4. The number of nitrogens with zero attached hydrogens (tertiary/aromatic N) is 1. The van der Waals surface area contributed by atoms with Crippen LogP contribution in [-0.4, -0.2) is 32.0 Å². The number of nitrogens with one attached hydrogen (secondary N) is 1. The molecule has 0 saturated carbocycles. The maximum Gasteiger partial charge on any atom is 0.422 e. The molecule has 1 amide bonds. The first-order chi connectivity index (χ1) is 9.74. The number of rotatable bonds is 6. The van der Waals surface area contributed by atoms with Gasteiger partial charge in [0.15, 0.2) is 0 Å². The normalized spacial score (nSPS) is 11.7. The van der Waals surface area contributed by atoms with Crippen LogP contribution in [0.2, 0.25) is 0 Å². The first kappa shape index (κ1) is 17.4. The fraction of sp³-hybridized carbons (Fsp3) is 0.462. The van der Waals surface area contributed by atoms with Crippen LogP contribution in [0.4, 0.5) is 4.79 Å². The van der Waals surface area contributed by atoms with E-state index in [0.29, 0.717) is 6.54 Å². The second kappa shape index (κ2) is 7.39. The lowest BCUT2D eigenvalue weighted by atomic mass is 10.1. The molecule has 7 nitrogen and oxygen atoms in total. The van der Waals surface area contributed by atoms with Crippen LogP contribution in [0.15, 0.2) is 24.3 Å². The van der Waals surface area contributed by atoms with E-state index in [1.54, 1.807) is 26.0 Å². The Balaban J connectivity index is 2.72. The molecule has 0 atom stereocenters. The van der Waals surface area contributed by atoms with Crippen molar-refractivity contribution >= 4 is 16.3 Å². The van der Waals surface area contributed by atoms with Crippen LogP contribution in [0.1, 0.15) is 25.0 Å². The third-order valence-electron chi connectivity index (χ3n) is 2.60. The fourth-order valence-corrected chi connectivity index (χ4v) is 2.35. The molecule has 0 fully saturated rings. The zero-order valence-corrected chi connectivity index (χ0v) is 13.2. The molecule has 0 bridgehead atoms. The van der Waals surface area contributed by atoms with Crippen molar-refractivity contribution in [2.45, 2.75) is 33.0 Å². The lowest BCUT2D eigenvalue weighted by Crippen LogP contribution is -2.42. The molecule has 21 heavy (non-hydrogen) atoms. The van der Waals surface area contributed by atoms with Gasteiger partial charge in [-0.1, -0.05) is 24.3 Å². The summed E-state index contributed by atoms with van der Waals surface area (Å²) in [4.78, 5) is 11.4. The SMILES string of the molecule is CC(C)OC(=O)NS(=O)(=O)N(C)Cc1cccc(CN)c1. The van der Waals surface area contributed by atoms with E-state index in [4.69, 9.17) is 10.5 Å². The molecule has 0 heterocycles. The topological polar surface area (TPSA) is 102 Å². The van der Waals surface area contributed by atoms with Gasteiger partial charge in [0, 0.05) is 20.1 Å². The summed E-state index contributed by atoms with van der Waals surface area (Å²) in [6, 6.07) is 7.27. The van der Waals surface area contributed by atoms with E-state index in [1.807, 2.05) is 16.9 Å². The molecular weight excluding hydrogens is 294 g/mol. The van der Waals surface area contributed by atoms with Gasteiger partial charge in [0.2, 0.25) is 0 Å². The molecule has 0 radical (unpaired) electrons. The smallest absolute Gasteiger partial charge is 0.422 e. The van der Waals surface area contributed by atoms with Crippen molar-refractivity contribution in [2.24, 2.45) is 5.73 Å². The van der Waals surface area contributed by atoms with Crippen molar-refractivity contribution in [3.63, 3.8) is 0 Å². The minimum absolute atomic E-state index is 0.123. The predicted molar refractivity (Wildman–Crippen MR) is 79.5 cm³/mol. The Labute approximate surface area is 125 Å². The van der Waals surface area contributed by atoms with E-state index in [0.717, 1.165) is 15.4 Å². The molecule has 0 saturated heterocycles. The molecule has 0 aliphatic heterocycles. The van der Waals surface area contributed by atoms with Gasteiger partial charge in [-0.3, -0.25) is 0 Å². The molecule has 0 spiro atoms. The summed E-state index contributed by atoms with van der Waals surface area (Å²) in [7, 11) is -2.57. The largest absolute Gasteiger partial charge is 0.446 e. The summed E-state index contributed by atoms with van der Waals surface area (Å²) in [5.74, 6) is 0. The number of amides is 1. The van der Waals surface area contributed by atoms with E-state index in [-0.39, 0.29) is 6.54 Å². The lowest BCUT2D eigenvalue weighted by Gasteiger charge is -2.18. The van der Waals surface area contributed by atoms with Crippen LogP contribution in [0.3, 0.4) is 0 Å². The molecule has 118 valence electrons. The maximum absolute atomic E-state index is 12.0. The Hall–Kier alpha value is -1.64. The fourth-order valence-electron chi connectivity index (χ4n) is 1.62. The maximum atomic E-state index is 12.0. The van der Waals surface area contributed by atoms with Crippen molar-refractivity contribution in [3.8, 4) is 0 Å². The van der Waals surface area contributed by atoms with Gasteiger partial charge in [0.25, 0.3) is 0 Å². The number of carbonyl (C=O) groups excluding carboxylic acids is 1. The van der Waals surface area contributed by atoms with E-state index in [1.165, 1.54) is 7.05 Å². The lowest BCUT2D eigenvalue weighted by molar-refractivity contribution is 0.121. The van der Waals surface area contributed by atoms with Gasteiger partial charge in [-0.15, -0.1) is 0 Å². The standard InChI is InChI=1S/C13H21N3O4S/c1-10(2)20-13(17)15-21(18,19)16(3)9-12-6-4-5-11(7-12)8-14/h4-7,10H,8-9,14H2,1-3H3,(H,15,17). The molecule has 1 aromatic rings. The van der Waals surface area contributed by atoms with E-state index in [2.05, 4.69) is 0 Å². The van der Waals surface area contributed by atoms with E-state index in [9.17, 15) is 13.2 Å². The van der Waals surface area contributed by atoms with Gasteiger partial charge < -0.3 is 10.5 Å². The van der Waals surface area contributed by atoms with Crippen molar-refractivity contribution in [1.82, 2.24) is 9.03 Å². The third kappa shape index (κ3) is 5.70. The molecule has 0 aliphatic carbocycles. The number of benzene rings is 1. The molecule has 8 heteroatoms. The van der Waals surface area contributed by atoms with Crippen LogP contribution in [0.25, 0.3) is 0 Å². The molecule has 0 unspecified atom stereocenters. The average molecular weight is 315 g/mol. The second-order valence-electron chi connectivity index (χ2n) is 4.84. The summed E-state index contributed by atoms with van der Waals surface area (Å²) in [5, 5.41) is 0. The van der Waals surface area contributed by atoms with Gasteiger partial charge in [0.1, 0.15) is 0 Å². The highest BCUT2D eigenvalue weighted by Gasteiger charge is 2.22. The monoisotopic (exact) mass is 315 g/mol. The first-order valence-electron chi connectivity index (χ1n) is 6.47. The first-order valence-corrected chi connectivity index (χ1v) is 7.91. The van der Waals surface area contributed by atoms with Gasteiger partial charge in [-0.2, -0.15) is 12.7 Å². The van der Waals surface area contributed by atoms with Crippen LogP contribution in [0, 0.1) is 0 Å². The Morgan fingerprint density at radius 1 is 1.38 bits per heavy atom. The molecule has 0 aromatic heterocycles. The Morgan fingerprint density at radius 3 is 2.57 bits per heavy atom. The van der Waals surface area contributed by atoms with Crippen molar-refractivity contribution < 1.29 is 17.9 Å². The van der Waals surface area contributed by atoms with Gasteiger partial charge in [-0.05, 0) is 25.0 Å². The van der Waals surface area contributed by atoms with Crippen LogP contribution in [0.5, 0.6) is 0 Å². The average Bonchev–Trinajstić information content (AvgIpc) is 2.37. The highest BCUT2D eigenvalue weighted by Crippen LogP contribution is 2.09. The second-order valence-corrected chi connectivity index (χ2v) is 6.62. The Bertz CT molecular complexity index is 587. The van der Waals surface area contributed by atoms with Gasteiger partial charge in [0.05, 0.1) is 6.10 Å². The number of hydrogen-bond acceptors (Lipinski definition) is 5. The summed E-state index contributed by atoms with van der Waals surface area (Å²) >= 11 is 0. The van der Waals surface area contributed by atoms with E-state index < -0.39 is 22.4 Å². The molecular formula is C13H21N3O4S. The van der Waals surface area contributed by atoms with Crippen molar-refractivity contribution in [3.05, 3.63) is 35.4 Å². The number of carbonyl (C=O) groups is 1. The van der Waals surface area contributed by atoms with Crippen LogP contribution >= 0.6 is 0 Å². The van der Waals surface area contributed by atoms with E-state index >= 15 is 0 Å². The summed E-state index contributed by atoms with van der Waals surface area (Å²) in [6.07, 6.45) is -1.39. The zero-order chi connectivity index (χ0) is 16.0. The van der Waals surface area contributed by atoms with Crippen molar-refractivity contribution in [1.29, 1.82) is 0 Å². The number of nitrogens with two attached hydrogens (primary N) is 1. The minimum atomic E-state index is -3.95. The molecule has 1 rings (SSSR count). The molecule has 3 N–H and O–H groups in total. The van der Waals surface area contributed by atoms with Crippen LogP contribution < -0.4 is 10.5 Å². The van der Waals surface area contributed by atoms with Crippen molar-refractivity contribution in [2.75, 3.05) is 7.05 Å². The molecule has 1 aromatic carbocycles.